The molecule has 0 bridgehead atoms. The monoisotopic (exact) mass is 456 g/mol. The van der Waals surface area contributed by atoms with Crippen LogP contribution in [0.5, 0.6) is 0 Å². The third-order valence-corrected chi connectivity index (χ3v) is 8.50. The van der Waals surface area contributed by atoms with Gasteiger partial charge in [0.2, 0.25) is 10.0 Å². The van der Waals surface area contributed by atoms with E-state index in [1.165, 1.54) is 18.9 Å². The van der Waals surface area contributed by atoms with Crippen LogP contribution in [-0.2, 0) is 16.6 Å². The summed E-state index contributed by atoms with van der Waals surface area (Å²) in [6.07, 6.45) is 6.97. The molecule has 2 aliphatic rings. The van der Waals surface area contributed by atoms with Crippen LogP contribution in [0.4, 0.5) is 5.82 Å². The minimum atomic E-state index is -3.63. The van der Waals surface area contributed by atoms with E-state index in [4.69, 9.17) is 0 Å². The van der Waals surface area contributed by atoms with E-state index in [0.29, 0.717) is 18.7 Å². The van der Waals surface area contributed by atoms with Crippen molar-refractivity contribution in [2.45, 2.75) is 63.4 Å². The molecule has 1 aromatic carbocycles. The standard InChI is InChI=1S/C24H32N4O3S/c1-18-8-10-21(32(30,31)28-14-4-3-7-19(28)2)15-22(18)24(29)26-17-20-9-11-23(25-16-20)27-12-5-6-13-27/h8-11,15-16,19H,3-7,12-14,17H2,1-2H3,(H,26,29). The highest BCUT2D eigenvalue weighted by Crippen LogP contribution is 2.26. The average molecular weight is 457 g/mol. The Morgan fingerprint density at radius 3 is 2.53 bits per heavy atom. The van der Waals surface area contributed by atoms with Crippen LogP contribution in [0.15, 0.2) is 41.4 Å². The molecule has 0 radical (unpaired) electrons. The van der Waals surface area contributed by atoms with Crippen LogP contribution < -0.4 is 10.2 Å². The molecule has 1 N–H and O–H groups in total. The van der Waals surface area contributed by atoms with Crippen molar-refractivity contribution in [2.75, 3.05) is 24.5 Å². The van der Waals surface area contributed by atoms with Crippen molar-refractivity contribution >= 4 is 21.7 Å². The number of aromatic nitrogens is 1. The number of carbonyl (C=O) groups is 1. The van der Waals surface area contributed by atoms with Crippen molar-refractivity contribution in [1.29, 1.82) is 0 Å². The number of rotatable bonds is 6. The molecule has 0 spiro atoms. The van der Waals surface area contributed by atoms with Crippen LogP contribution in [-0.4, -0.2) is 49.3 Å². The van der Waals surface area contributed by atoms with Gasteiger partial charge < -0.3 is 10.2 Å². The average Bonchev–Trinajstić information content (AvgIpc) is 3.33. The summed E-state index contributed by atoms with van der Waals surface area (Å²) in [5.74, 6) is 0.688. The molecule has 2 aromatic rings. The highest BCUT2D eigenvalue weighted by atomic mass is 32.2. The number of nitrogens with one attached hydrogen (secondary N) is 1. The first-order chi connectivity index (χ1) is 15.4. The van der Waals surface area contributed by atoms with E-state index >= 15 is 0 Å². The van der Waals surface area contributed by atoms with Crippen LogP contribution in [0, 0.1) is 6.92 Å². The fourth-order valence-corrected chi connectivity index (χ4v) is 6.23. The van der Waals surface area contributed by atoms with Gasteiger partial charge in [0.15, 0.2) is 0 Å². The van der Waals surface area contributed by atoms with Crippen molar-refractivity contribution in [1.82, 2.24) is 14.6 Å². The number of sulfonamides is 1. The molecule has 2 aliphatic heterocycles. The lowest BCUT2D eigenvalue weighted by molar-refractivity contribution is 0.0950. The molecule has 4 rings (SSSR count). The van der Waals surface area contributed by atoms with Gasteiger partial charge in [-0.2, -0.15) is 4.31 Å². The molecule has 1 unspecified atom stereocenters. The van der Waals surface area contributed by atoms with Gasteiger partial charge >= 0.3 is 0 Å². The Bertz CT molecular complexity index is 1060. The van der Waals surface area contributed by atoms with Gasteiger partial charge in [-0.15, -0.1) is 0 Å². The second-order valence-electron chi connectivity index (χ2n) is 8.84. The molecule has 2 saturated heterocycles. The van der Waals surface area contributed by atoms with Gasteiger partial charge in [0.1, 0.15) is 5.82 Å². The Kier molecular flexibility index (Phi) is 6.81. The Balaban J connectivity index is 1.45. The molecule has 2 fully saturated rings. The number of piperidine rings is 1. The Labute approximate surface area is 190 Å². The topological polar surface area (TPSA) is 82.6 Å². The molecular weight excluding hydrogens is 424 g/mol. The lowest BCUT2D eigenvalue weighted by Crippen LogP contribution is -2.42. The van der Waals surface area contributed by atoms with Gasteiger partial charge in [-0.3, -0.25) is 4.79 Å². The molecule has 0 aliphatic carbocycles. The van der Waals surface area contributed by atoms with Gasteiger partial charge in [0, 0.05) is 44.0 Å². The van der Waals surface area contributed by atoms with Gasteiger partial charge in [-0.25, -0.2) is 13.4 Å². The summed E-state index contributed by atoms with van der Waals surface area (Å²) in [5.41, 5.74) is 2.04. The van der Waals surface area contributed by atoms with E-state index in [9.17, 15) is 13.2 Å². The molecule has 1 aromatic heterocycles. The van der Waals surface area contributed by atoms with Crippen LogP contribution in [0.25, 0.3) is 0 Å². The number of benzene rings is 1. The number of anilines is 1. The number of nitrogens with zero attached hydrogens (tertiary/aromatic N) is 3. The summed E-state index contributed by atoms with van der Waals surface area (Å²) in [6, 6.07) is 8.77. The molecule has 1 atom stereocenters. The van der Waals surface area contributed by atoms with E-state index < -0.39 is 10.0 Å². The predicted molar refractivity (Wildman–Crippen MR) is 125 cm³/mol. The molecule has 32 heavy (non-hydrogen) atoms. The lowest BCUT2D eigenvalue weighted by atomic mass is 10.1. The number of amides is 1. The van der Waals surface area contributed by atoms with Crippen molar-refractivity contribution in [2.24, 2.45) is 0 Å². The van der Waals surface area contributed by atoms with E-state index in [1.54, 1.807) is 22.6 Å². The fraction of sp³-hybridized carbons (Fsp3) is 0.500. The zero-order valence-electron chi connectivity index (χ0n) is 18.9. The number of aryl methyl sites for hydroxylation is 1. The molecule has 8 heteroatoms. The third-order valence-electron chi connectivity index (χ3n) is 6.49. The van der Waals surface area contributed by atoms with Gasteiger partial charge in [-0.1, -0.05) is 18.6 Å². The zero-order chi connectivity index (χ0) is 22.7. The zero-order valence-corrected chi connectivity index (χ0v) is 19.7. The largest absolute Gasteiger partial charge is 0.357 e. The van der Waals surface area contributed by atoms with Crippen LogP contribution in [0.2, 0.25) is 0 Å². The SMILES string of the molecule is Cc1ccc(S(=O)(=O)N2CCCCC2C)cc1C(=O)NCc1ccc(N2CCCC2)nc1. The lowest BCUT2D eigenvalue weighted by Gasteiger charge is -2.32. The normalized spacial score (nSPS) is 19.8. The first-order valence-corrected chi connectivity index (χ1v) is 12.9. The number of hydrogen-bond donors (Lipinski definition) is 1. The molecule has 172 valence electrons. The van der Waals surface area contributed by atoms with Gasteiger partial charge in [0.25, 0.3) is 5.91 Å². The summed E-state index contributed by atoms with van der Waals surface area (Å²) in [6.45, 7) is 6.71. The Hall–Kier alpha value is -2.45. The Morgan fingerprint density at radius 2 is 1.84 bits per heavy atom. The molecule has 3 heterocycles. The maximum atomic E-state index is 13.2. The van der Waals surface area contributed by atoms with E-state index in [1.807, 2.05) is 26.0 Å². The number of pyridine rings is 1. The minimum Gasteiger partial charge on any atom is -0.357 e. The highest BCUT2D eigenvalue weighted by Gasteiger charge is 2.31. The molecule has 1 amide bonds. The summed E-state index contributed by atoms with van der Waals surface area (Å²) in [4.78, 5) is 19.9. The molecule has 7 nitrogen and oxygen atoms in total. The summed E-state index contributed by atoms with van der Waals surface area (Å²) < 4.78 is 27.9. The second-order valence-corrected chi connectivity index (χ2v) is 10.7. The van der Waals surface area contributed by atoms with E-state index in [2.05, 4.69) is 15.2 Å². The fourth-order valence-electron chi connectivity index (χ4n) is 4.50. The second kappa shape index (κ2) is 9.58. The quantitative estimate of drug-likeness (QED) is 0.720. The number of carbonyl (C=O) groups excluding carboxylic acids is 1. The van der Waals surface area contributed by atoms with Crippen molar-refractivity contribution < 1.29 is 13.2 Å². The van der Waals surface area contributed by atoms with Crippen LogP contribution >= 0.6 is 0 Å². The highest BCUT2D eigenvalue weighted by molar-refractivity contribution is 7.89. The van der Waals surface area contributed by atoms with Gasteiger partial charge in [-0.05, 0) is 68.9 Å². The van der Waals surface area contributed by atoms with Crippen molar-refractivity contribution in [3.05, 3.63) is 53.2 Å². The third kappa shape index (κ3) is 4.81. The summed E-state index contributed by atoms with van der Waals surface area (Å²) in [5, 5.41) is 2.91. The summed E-state index contributed by atoms with van der Waals surface area (Å²) >= 11 is 0. The van der Waals surface area contributed by atoms with Crippen LogP contribution in [0.3, 0.4) is 0 Å². The number of hydrogen-bond acceptors (Lipinski definition) is 5. The predicted octanol–water partition coefficient (Wildman–Crippen LogP) is 3.48. The van der Waals surface area contributed by atoms with Crippen molar-refractivity contribution in [3.8, 4) is 0 Å². The minimum absolute atomic E-state index is 0.0247. The first kappa shape index (κ1) is 22.7. The van der Waals surface area contributed by atoms with E-state index in [0.717, 1.165) is 49.3 Å². The Morgan fingerprint density at radius 1 is 1.09 bits per heavy atom. The van der Waals surface area contributed by atoms with Crippen molar-refractivity contribution in [3.63, 3.8) is 0 Å². The van der Waals surface area contributed by atoms with Crippen LogP contribution in [0.1, 0.15) is 60.5 Å². The smallest absolute Gasteiger partial charge is 0.251 e. The first-order valence-electron chi connectivity index (χ1n) is 11.5. The summed E-state index contributed by atoms with van der Waals surface area (Å²) in [7, 11) is -3.63. The maximum absolute atomic E-state index is 13.2. The van der Waals surface area contributed by atoms with Gasteiger partial charge in [0.05, 0.1) is 4.90 Å². The molecular formula is C24H32N4O3S. The maximum Gasteiger partial charge on any atom is 0.251 e. The molecule has 0 saturated carbocycles. The van der Waals surface area contributed by atoms with E-state index in [-0.39, 0.29) is 16.8 Å².